The monoisotopic (exact) mass is 374 g/mol. The summed E-state index contributed by atoms with van der Waals surface area (Å²) < 4.78 is 32.2. The van der Waals surface area contributed by atoms with E-state index in [1.165, 1.54) is 12.3 Å². The van der Waals surface area contributed by atoms with Crippen LogP contribution in [0.2, 0.25) is 0 Å². The minimum atomic E-state index is -0.723. The molecule has 0 spiro atoms. The zero-order valence-corrected chi connectivity index (χ0v) is 14.8. The number of carbonyl (C=O) groups excluding carboxylic acids is 1. The summed E-state index contributed by atoms with van der Waals surface area (Å²) in [5.41, 5.74) is 0.854. The number of aryl methyl sites for hydroxylation is 1. The summed E-state index contributed by atoms with van der Waals surface area (Å²) in [6.45, 7) is 0. The van der Waals surface area contributed by atoms with Crippen molar-refractivity contribution in [3.05, 3.63) is 66.2 Å². The van der Waals surface area contributed by atoms with Gasteiger partial charge in [-0.2, -0.15) is 0 Å². The fourth-order valence-electron chi connectivity index (χ4n) is 2.38. The van der Waals surface area contributed by atoms with Gasteiger partial charge in [0.1, 0.15) is 11.6 Å². The molecule has 134 valence electrons. The van der Waals surface area contributed by atoms with E-state index in [1.54, 1.807) is 11.8 Å². The standard InChI is InChI=1S/C19H16F2N2O2S/c1-26-14-4-2-3-13(10-14)23-18(24)7-8-19-22-11-17(25-19)15-6-5-12(20)9-16(15)21/h2-6,9-11H,7-8H2,1H3,(H,23,24). The van der Waals surface area contributed by atoms with Crippen LogP contribution in [0, 0.1) is 11.6 Å². The maximum absolute atomic E-state index is 13.8. The van der Waals surface area contributed by atoms with Crippen molar-refractivity contribution in [2.24, 2.45) is 0 Å². The Morgan fingerprint density at radius 1 is 1.23 bits per heavy atom. The maximum atomic E-state index is 13.8. The number of hydrogen-bond acceptors (Lipinski definition) is 4. The van der Waals surface area contributed by atoms with E-state index in [1.807, 2.05) is 30.5 Å². The summed E-state index contributed by atoms with van der Waals surface area (Å²) in [5, 5.41) is 2.82. The Morgan fingerprint density at radius 2 is 2.08 bits per heavy atom. The van der Waals surface area contributed by atoms with E-state index in [0.29, 0.717) is 5.89 Å². The summed E-state index contributed by atoms with van der Waals surface area (Å²) in [6, 6.07) is 10.8. The van der Waals surface area contributed by atoms with Gasteiger partial charge in [-0.15, -0.1) is 11.8 Å². The first-order chi connectivity index (χ1) is 12.5. The largest absolute Gasteiger partial charge is 0.441 e. The van der Waals surface area contributed by atoms with Crippen LogP contribution in [0.4, 0.5) is 14.5 Å². The second-order valence-corrected chi connectivity index (χ2v) is 6.40. The van der Waals surface area contributed by atoms with E-state index >= 15 is 0 Å². The number of nitrogens with zero attached hydrogens (tertiary/aromatic N) is 1. The highest BCUT2D eigenvalue weighted by molar-refractivity contribution is 7.98. The molecule has 1 N–H and O–H groups in total. The van der Waals surface area contributed by atoms with Gasteiger partial charge < -0.3 is 9.73 Å². The highest BCUT2D eigenvalue weighted by Gasteiger charge is 2.13. The fraction of sp³-hybridized carbons (Fsp3) is 0.158. The zero-order chi connectivity index (χ0) is 18.5. The summed E-state index contributed by atoms with van der Waals surface area (Å²) in [7, 11) is 0. The van der Waals surface area contributed by atoms with Crippen LogP contribution in [0.3, 0.4) is 0 Å². The number of anilines is 1. The molecule has 2 aromatic carbocycles. The van der Waals surface area contributed by atoms with Crippen molar-refractivity contribution in [3.63, 3.8) is 0 Å². The smallest absolute Gasteiger partial charge is 0.224 e. The number of carbonyl (C=O) groups is 1. The molecular formula is C19H16F2N2O2S. The molecule has 0 aliphatic rings. The molecule has 0 saturated carbocycles. The lowest BCUT2D eigenvalue weighted by Crippen LogP contribution is -2.12. The van der Waals surface area contributed by atoms with Gasteiger partial charge in [0.15, 0.2) is 11.7 Å². The molecule has 26 heavy (non-hydrogen) atoms. The third-order valence-corrected chi connectivity index (χ3v) is 4.39. The number of hydrogen-bond donors (Lipinski definition) is 1. The number of amides is 1. The van der Waals surface area contributed by atoms with Gasteiger partial charge in [0.2, 0.25) is 5.91 Å². The molecule has 0 atom stereocenters. The molecule has 0 fully saturated rings. The molecule has 0 aliphatic heterocycles. The van der Waals surface area contributed by atoms with Crippen LogP contribution in [0.25, 0.3) is 11.3 Å². The van der Waals surface area contributed by atoms with Gasteiger partial charge in [-0.3, -0.25) is 4.79 Å². The van der Waals surface area contributed by atoms with Gasteiger partial charge in [0.05, 0.1) is 11.8 Å². The Labute approximate surface area is 153 Å². The van der Waals surface area contributed by atoms with E-state index < -0.39 is 11.6 Å². The summed E-state index contributed by atoms with van der Waals surface area (Å²) in [5.74, 6) is -1.04. The predicted octanol–water partition coefficient (Wildman–Crippen LogP) is 4.91. The lowest BCUT2D eigenvalue weighted by atomic mass is 10.2. The van der Waals surface area contributed by atoms with Crippen molar-refractivity contribution in [3.8, 4) is 11.3 Å². The maximum Gasteiger partial charge on any atom is 0.224 e. The number of benzene rings is 2. The number of halogens is 2. The van der Waals surface area contributed by atoms with Crippen LogP contribution in [-0.4, -0.2) is 17.1 Å². The molecule has 1 heterocycles. The van der Waals surface area contributed by atoms with Crippen molar-refractivity contribution < 1.29 is 18.0 Å². The number of thioether (sulfide) groups is 1. The van der Waals surface area contributed by atoms with Gasteiger partial charge in [-0.05, 0) is 36.6 Å². The van der Waals surface area contributed by atoms with E-state index in [2.05, 4.69) is 10.3 Å². The Kier molecular flexibility index (Phi) is 5.68. The van der Waals surface area contributed by atoms with Gasteiger partial charge in [-0.25, -0.2) is 13.8 Å². The summed E-state index contributed by atoms with van der Waals surface area (Å²) in [6.07, 6.45) is 3.78. The molecule has 0 radical (unpaired) electrons. The van der Waals surface area contributed by atoms with Crippen molar-refractivity contribution in [1.29, 1.82) is 0 Å². The number of aromatic nitrogens is 1. The van der Waals surface area contributed by atoms with Crippen LogP contribution in [0.1, 0.15) is 12.3 Å². The van der Waals surface area contributed by atoms with Crippen molar-refractivity contribution in [1.82, 2.24) is 4.98 Å². The number of oxazole rings is 1. The molecule has 0 unspecified atom stereocenters. The van der Waals surface area contributed by atoms with Gasteiger partial charge in [0, 0.05) is 29.5 Å². The second-order valence-electron chi connectivity index (χ2n) is 5.52. The Bertz CT molecular complexity index is 927. The highest BCUT2D eigenvalue weighted by Crippen LogP contribution is 2.25. The first-order valence-electron chi connectivity index (χ1n) is 7.89. The van der Waals surface area contributed by atoms with E-state index in [-0.39, 0.29) is 30.1 Å². The van der Waals surface area contributed by atoms with Crippen molar-refractivity contribution in [2.45, 2.75) is 17.7 Å². The normalized spacial score (nSPS) is 10.7. The number of nitrogens with one attached hydrogen (secondary N) is 1. The Morgan fingerprint density at radius 3 is 2.85 bits per heavy atom. The average molecular weight is 374 g/mol. The Hall–Kier alpha value is -2.67. The second kappa shape index (κ2) is 8.14. The zero-order valence-electron chi connectivity index (χ0n) is 14.0. The molecule has 1 aromatic heterocycles. The molecule has 0 saturated heterocycles. The van der Waals surface area contributed by atoms with Gasteiger partial charge in [-0.1, -0.05) is 6.07 Å². The predicted molar refractivity (Wildman–Crippen MR) is 97.0 cm³/mol. The van der Waals surface area contributed by atoms with E-state index in [4.69, 9.17) is 4.42 Å². The van der Waals surface area contributed by atoms with E-state index in [0.717, 1.165) is 22.7 Å². The van der Waals surface area contributed by atoms with Crippen molar-refractivity contribution in [2.75, 3.05) is 11.6 Å². The molecule has 3 aromatic rings. The molecule has 0 bridgehead atoms. The fourth-order valence-corrected chi connectivity index (χ4v) is 2.84. The lowest BCUT2D eigenvalue weighted by Gasteiger charge is -2.05. The third kappa shape index (κ3) is 4.49. The molecule has 7 heteroatoms. The molecule has 3 rings (SSSR count). The SMILES string of the molecule is CSc1cccc(NC(=O)CCc2ncc(-c3ccc(F)cc3F)o2)c1. The van der Waals surface area contributed by atoms with Crippen LogP contribution in [-0.2, 0) is 11.2 Å². The lowest BCUT2D eigenvalue weighted by molar-refractivity contribution is -0.116. The van der Waals surface area contributed by atoms with Gasteiger partial charge in [0.25, 0.3) is 0 Å². The molecule has 4 nitrogen and oxygen atoms in total. The first-order valence-corrected chi connectivity index (χ1v) is 9.11. The topological polar surface area (TPSA) is 55.1 Å². The minimum Gasteiger partial charge on any atom is -0.441 e. The van der Waals surface area contributed by atoms with Gasteiger partial charge >= 0.3 is 0 Å². The highest BCUT2D eigenvalue weighted by atomic mass is 32.2. The summed E-state index contributed by atoms with van der Waals surface area (Å²) >= 11 is 1.59. The quantitative estimate of drug-likeness (QED) is 0.623. The molecular weight excluding hydrogens is 358 g/mol. The summed E-state index contributed by atoms with van der Waals surface area (Å²) in [4.78, 5) is 17.2. The minimum absolute atomic E-state index is 0.128. The third-order valence-electron chi connectivity index (χ3n) is 3.67. The first kappa shape index (κ1) is 18.1. The van der Waals surface area contributed by atoms with Crippen LogP contribution in [0.15, 0.2) is 58.0 Å². The molecule has 0 aliphatic carbocycles. The Balaban J connectivity index is 1.60. The van der Waals surface area contributed by atoms with E-state index in [9.17, 15) is 13.6 Å². The average Bonchev–Trinajstić information content (AvgIpc) is 3.09. The van der Waals surface area contributed by atoms with Crippen LogP contribution < -0.4 is 5.32 Å². The van der Waals surface area contributed by atoms with Crippen molar-refractivity contribution >= 4 is 23.4 Å². The van der Waals surface area contributed by atoms with Crippen LogP contribution in [0.5, 0.6) is 0 Å². The van der Waals surface area contributed by atoms with Crippen LogP contribution >= 0.6 is 11.8 Å². The number of rotatable bonds is 6. The molecule has 1 amide bonds.